The van der Waals surface area contributed by atoms with E-state index in [1.807, 2.05) is 18.2 Å². The zero-order valence-corrected chi connectivity index (χ0v) is 16.9. The fourth-order valence-corrected chi connectivity index (χ4v) is 3.84. The number of rotatable bonds is 3. The van der Waals surface area contributed by atoms with Crippen LogP contribution in [0.2, 0.25) is 0 Å². The summed E-state index contributed by atoms with van der Waals surface area (Å²) in [6.07, 6.45) is 0. The van der Waals surface area contributed by atoms with Gasteiger partial charge in [0, 0.05) is 11.6 Å². The molecule has 8 heteroatoms. The second kappa shape index (κ2) is 6.66. The quantitative estimate of drug-likeness (QED) is 0.446. The molecule has 0 bridgehead atoms. The minimum Gasteiger partial charge on any atom is -0.384 e. The Balaban J connectivity index is 1.55. The fraction of sp³-hybridized carbons (Fsp3) is 0.130. The van der Waals surface area contributed by atoms with Crippen LogP contribution in [0.4, 0.5) is 5.82 Å². The normalized spacial score (nSPS) is 13.1. The number of imide groups is 1. The highest BCUT2D eigenvalue weighted by Crippen LogP contribution is 2.26. The molecule has 4 aromatic rings. The number of carbonyl (C=O) groups excluding carboxylic acids is 2. The number of anilines is 1. The van der Waals surface area contributed by atoms with E-state index in [1.165, 1.54) is 10.1 Å². The summed E-state index contributed by atoms with van der Waals surface area (Å²) in [7, 11) is 0. The largest absolute Gasteiger partial charge is 0.384 e. The number of aromatic amines is 1. The lowest BCUT2D eigenvalue weighted by molar-refractivity contribution is 0.0880. The predicted molar refractivity (Wildman–Crippen MR) is 117 cm³/mol. The zero-order chi connectivity index (χ0) is 21.9. The van der Waals surface area contributed by atoms with Gasteiger partial charge in [-0.2, -0.15) is 0 Å². The Labute approximate surface area is 176 Å². The van der Waals surface area contributed by atoms with Gasteiger partial charge in [0.2, 0.25) is 0 Å². The molecule has 0 aliphatic carbocycles. The number of nitrogen functional groups attached to an aromatic ring is 1. The smallest absolute Gasteiger partial charge is 0.262 e. The number of aromatic nitrogens is 3. The van der Waals surface area contributed by atoms with Crippen LogP contribution in [-0.2, 0) is 0 Å². The first kappa shape index (κ1) is 18.8. The van der Waals surface area contributed by atoms with Crippen LogP contribution < -0.4 is 16.6 Å². The first-order valence-corrected chi connectivity index (χ1v) is 9.85. The number of amides is 2. The van der Waals surface area contributed by atoms with Crippen molar-refractivity contribution in [1.29, 1.82) is 0 Å². The first-order chi connectivity index (χ1) is 14.8. The minimum atomic E-state index is -0.614. The van der Waals surface area contributed by atoms with Gasteiger partial charge in [-0.25, -0.2) is 4.98 Å². The van der Waals surface area contributed by atoms with E-state index in [-0.39, 0.29) is 16.9 Å². The molecule has 0 unspecified atom stereocenters. The van der Waals surface area contributed by atoms with Crippen LogP contribution in [0.15, 0.2) is 53.3 Å². The Hall–Kier alpha value is -4.20. The average molecular weight is 413 g/mol. The number of hydrogen-bond acceptors (Lipinski definition) is 5. The van der Waals surface area contributed by atoms with Crippen molar-refractivity contribution in [2.75, 3.05) is 5.73 Å². The lowest BCUT2D eigenvalue weighted by atomic mass is 10.0. The second-order valence-electron chi connectivity index (χ2n) is 7.84. The van der Waals surface area contributed by atoms with Gasteiger partial charge in [-0.3, -0.25) is 24.3 Å². The van der Waals surface area contributed by atoms with Crippen molar-refractivity contribution in [2.45, 2.75) is 19.8 Å². The topological polar surface area (TPSA) is 123 Å². The number of hydrogen-bond donors (Lipinski definition) is 3. The summed E-state index contributed by atoms with van der Waals surface area (Å²) in [5.41, 5.74) is 10.0. The molecule has 31 heavy (non-hydrogen) atoms. The third kappa shape index (κ3) is 2.92. The second-order valence-corrected chi connectivity index (χ2v) is 7.84. The average Bonchev–Trinajstić information content (AvgIpc) is 3.28. The highest BCUT2D eigenvalue weighted by atomic mass is 16.2. The fourth-order valence-electron chi connectivity index (χ4n) is 3.84. The standard InChI is InChI=1S/C23H19N5O3/c1-11(2)13-5-8-16-17(9-13)26-21(25-16)12-3-6-14(7-4-12)28-18(29)10-15-19(20(28)24)23(31)27-22(15)30/h3-11H,24H2,1-2H3,(H,25,26)(H,27,30,31). The zero-order valence-electron chi connectivity index (χ0n) is 16.9. The summed E-state index contributed by atoms with van der Waals surface area (Å²) in [6.45, 7) is 4.28. The van der Waals surface area contributed by atoms with Crippen molar-refractivity contribution >= 4 is 28.7 Å². The molecule has 0 fully saturated rings. The molecule has 5 rings (SSSR count). The molecule has 0 radical (unpaired) electrons. The molecule has 8 nitrogen and oxygen atoms in total. The summed E-state index contributed by atoms with van der Waals surface area (Å²) in [4.78, 5) is 44.4. The maximum atomic E-state index is 12.6. The number of fused-ring (bicyclic) bond motifs is 2. The summed E-state index contributed by atoms with van der Waals surface area (Å²) in [5.74, 6) is -0.156. The Morgan fingerprint density at radius 2 is 1.71 bits per heavy atom. The van der Waals surface area contributed by atoms with Crippen molar-refractivity contribution in [2.24, 2.45) is 0 Å². The van der Waals surface area contributed by atoms with Crippen LogP contribution in [0.5, 0.6) is 0 Å². The molecule has 3 heterocycles. The monoisotopic (exact) mass is 413 g/mol. The highest BCUT2D eigenvalue weighted by molar-refractivity contribution is 6.23. The van der Waals surface area contributed by atoms with E-state index in [0.29, 0.717) is 17.4 Å². The molecule has 0 saturated carbocycles. The van der Waals surface area contributed by atoms with E-state index in [9.17, 15) is 14.4 Å². The van der Waals surface area contributed by atoms with E-state index in [4.69, 9.17) is 5.73 Å². The number of nitrogens with zero attached hydrogens (tertiary/aromatic N) is 2. The summed E-state index contributed by atoms with van der Waals surface area (Å²) in [5, 5.41) is 2.16. The van der Waals surface area contributed by atoms with Gasteiger partial charge in [-0.15, -0.1) is 0 Å². The van der Waals surface area contributed by atoms with Gasteiger partial charge in [0.25, 0.3) is 17.4 Å². The van der Waals surface area contributed by atoms with Crippen molar-refractivity contribution in [3.63, 3.8) is 0 Å². The number of benzene rings is 2. The summed E-state index contributed by atoms with van der Waals surface area (Å²) < 4.78 is 1.22. The molecular weight excluding hydrogens is 394 g/mol. The maximum Gasteiger partial charge on any atom is 0.262 e. The molecule has 1 aliphatic rings. The predicted octanol–water partition coefficient (Wildman–Crippen LogP) is 2.97. The van der Waals surface area contributed by atoms with E-state index in [1.54, 1.807) is 12.1 Å². The van der Waals surface area contributed by atoms with Gasteiger partial charge in [0.15, 0.2) is 0 Å². The van der Waals surface area contributed by atoms with Crippen molar-refractivity contribution in [1.82, 2.24) is 19.9 Å². The van der Waals surface area contributed by atoms with Crippen LogP contribution in [0.3, 0.4) is 0 Å². The minimum absolute atomic E-state index is 0.00316. The van der Waals surface area contributed by atoms with Crippen LogP contribution in [0.1, 0.15) is 46.0 Å². The van der Waals surface area contributed by atoms with Gasteiger partial charge < -0.3 is 10.7 Å². The van der Waals surface area contributed by atoms with Gasteiger partial charge in [0.1, 0.15) is 11.6 Å². The molecule has 154 valence electrons. The number of pyridine rings is 1. The lowest BCUT2D eigenvalue weighted by Crippen LogP contribution is -2.24. The van der Waals surface area contributed by atoms with Crippen LogP contribution in [0.25, 0.3) is 28.1 Å². The molecule has 2 aromatic heterocycles. The number of nitrogens with one attached hydrogen (secondary N) is 2. The molecule has 2 aromatic carbocycles. The van der Waals surface area contributed by atoms with Gasteiger partial charge in [-0.1, -0.05) is 19.9 Å². The molecule has 0 spiro atoms. The van der Waals surface area contributed by atoms with Gasteiger partial charge in [0.05, 0.1) is 27.8 Å². The Morgan fingerprint density at radius 3 is 2.42 bits per heavy atom. The van der Waals surface area contributed by atoms with E-state index >= 15 is 0 Å². The third-order valence-electron chi connectivity index (χ3n) is 5.52. The summed E-state index contributed by atoms with van der Waals surface area (Å²) >= 11 is 0. The van der Waals surface area contributed by atoms with E-state index in [2.05, 4.69) is 41.3 Å². The summed E-state index contributed by atoms with van der Waals surface area (Å²) in [6, 6.07) is 14.4. The first-order valence-electron chi connectivity index (χ1n) is 9.85. The SMILES string of the molecule is CC(C)c1ccc2nc(-c3ccc(-n4c(N)c5c(cc4=O)C(=O)NC5=O)cc3)[nH]c2c1. The van der Waals surface area contributed by atoms with E-state index in [0.717, 1.165) is 22.7 Å². The van der Waals surface area contributed by atoms with E-state index < -0.39 is 17.4 Å². The molecular formula is C23H19N5O3. The van der Waals surface area contributed by atoms with Gasteiger partial charge >= 0.3 is 0 Å². The Kier molecular flexibility index (Phi) is 4.04. The Bertz CT molecular complexity index is 1440. The number of nitrogens with two attached hydrogens (primary N) is 1. The highest BCUT2D eigenvalue weighted by Gasteiger charge is 2.31. The number of H-pyrrole nitrogens is 1. The van der Waals surface area contributed by atoms with Crippen LogP contribution in [-0.4, -0.2) is 26.3 Å². The molecule has 4 N–H and O–H groups in total. The number of carbonyl (C=O) groups is 2. The molecule has 0 atom stereocenters. The van der Waals surface area contributed by atoms with Crippen LogP contribution in [0, 0.1) is 0 Å². The van der Waals surface area contributed by atoms with Crippen molar-refractivity contribution in [3.8, 4) is 17.1 Å². The van der Waals surface area contributed by atoms with Crippen LogP contribution >= 0.6 is 0 Å². The lowest BCUT2D eigenvalue weighted by Gasteiger charge is -2.12. The van der Waals surface area contributed by atoms with Crippen molar-refractivity contribution < 1.29 is 9.59 Å². The van der Waals surface area contributed by atoms with Crippen molar-refractivity contribution in [3.05, 3.63) is 75.6 Å². The molecule has 0 saturated heterocycles. The maximum absolute atomic E-state index is 12.6. The van der Waals surface area contributed by atoms with Gasteiger partial charge in [-0.05, 0) is 47.9 Å². The molecule has 1 aliphatic heterocycles. The third-order valence-corrected chi connectivity index (χ3v) is 5.52. The Morgan fingerprint density at radius 1 is 0.968 bits per heavy atom. The molecule has 2 amide bonds. The number of imidazole rings is 1.